The van der Waals surface area contributed by atoms with Crippen molar-refractivity contribution < 1.29 is 14.6 Å². The van der Waals surface area contributed by atoms with Crippen LogP contribution in [0.25, 0.3) is 0 Å². The third kappa shape index (κ3) is 4.21. The van der Waals surface area contributed by atoms with E-state index in [9.17, 15) is 9.90 Å². The summed E-state index contributed by atoms with van der Waals surface area (Å²) in [5.74, 6) is 0.172. The minimum atomic E-state index is -0.659. The molecule has 0 heterocycles. The van der Waals surface area contributed by atoms with E-state index in [2.05, 4.69) is 5.32 Å². The summed E-state index contributed by atoms with van der Waals surface area (Å²) in [4.78, 5) is 11.9. The lowest BCUT2D eigenvalue weighted by atomic mass is 10.1. The van der Waals surface area contributed by atoms with Crippen molar-refractivity contribution in [3.63, 3.8) is 0 Å². The summed E-state index contributed by atoms with van der Waals surface area (Å²) >= 11 is 5.96. The second-order valence-corrected chi connectivity index (χ2v) is 4.94. The molecule has 0 spiro atoms. The predicted molar refractivity (Wildman–Crippen MR) is 82.7 cm³/mol. The van der Waals surface area contributed by atoms with Gasteiger partial charge in [0, 0.05) is 5.56 Å². The van der Waals surface area contributed by atoms with E-state index in [1.807, 2.05) is 0 Å². The molecule has 0 saturated carbocycles. The number of nitrogens with one attached hydrogen (secondary N) is 1. The molecule has 1 atom stereocenters. The molecule has 2 aromatic rings. The summed E-state index contributed by atoms with van der Waals surface area (Å²) in [6.45, 7) is 1.49. The zero-order valence-electron chi connectivity index (χ0n) is 11.5. The van der Waals surface area contributed by atoms with Gasteiger partial charge in [0.05, 0.1) is 16.8 Å². The fourth-order valence-electron chi connectivity index (χ4n) is 1.85. The highest BCUT2D eigenvalue weighted by molar-refractivity contribution is 6.33. The third-order valence-corrected chi connectivity index (χ3v) is 3.21. The van der Waals surface area contributed by atoms with Gasteiger partial charge < -0.3 is 15.2 Å². The minimum Gasteiger partial charge on any atom is -0.483 e. The first kappa shape index (κ1) is 15.4. The van der Waals surface area contributed by atoms with Crippen LogP contribution in [0, 0.1) is 0 Å². The van der Waals surface area contributed by atoms with Gasteiger partial charge in [-0.1, -0.05) is 41.9 Å². The number of halogens is 1. The van der Waals surface area contributed by atoms with Crippen molar-refractivity contribution in [2.24, 2.45) is 0 Å². The maximum atomic E-state index is 11.9. The van der Waals surface area contributed by atoms with Crippen molar-refractivity contribution in [2.45, 2.75) is 13.0 Å². The highest BCUT2D eigenvalue weighted by atomic mass is 35.5. The molecule has 0 unspecified atom stereocenters. The molecule has 2 rings (SSSR count). The fourth-order valence-corrected chi connectivity index (χ4v) is 2.03. The van der Waals surface area contributed by atoms with Gasteiger partial charge in [-0.3, -0.25) is 4.79 Å². The molecular weight excluding hydrogens is 290 g/mol. The van der Waals surface area contributed by atoms with E-state index in [1.54, 1.807) is 55.5 Å². The molecule has 2 N–H and O–H groups in total. The normalized spacial score (nSPS) is 11.8. The Morgan fingerprint density at radius 1 is 1.24 bits per heavy atom. The van der Waals surface area contributed by atoms with Gasteiger partial charge in [0.25, 0.3) is 5.91 Å². The van der Waals surface area contributed by atoms with Crippen molar-refractivity contribution in [1.29, 1.82) is 0 Å². The molecule has 1 amide bonds. The zero-order chi connectivity index (χ0) is 15.2. The number of carbonyl (C=O) groups is 1. The first-order valence-corrected chi connectivity index (χ1v) is 6.90. The van der Waals surface area contributed by atoms with Gasteiger partial charge in [-0.2, -0.15) is 0 Å². The maximum absolute atomic E-state index is 11.9. The quantitative estimate of drug-likeness (QED) is 0.890. The number of hydrogen-bond donors (Lipinski definition) is 2. The second kappa shape index (κ2) is 7.11. The van der Waals surface area contributed by atoms with E-state index >= 15 is 0 Å². The van der Waals surface area contributed by atoms with Crippen molar-refractivity contribution >= 4 is 23.2 Å². The molecule has 0 radical (unpaired) electrons. The molecule has 21 heavy (non-hydrogen) atoms. The van der Waals surface area contributed by atoms with Crippen molar-refractivity contribution in [2.75, 3.05) is 11.9 Å². The largest absolute Gasteiger partial charge is 0.483 e. The summed E-state index contributed by atoms with van der Waals surface area (Å²) in [6, 6.07) is 14.0. The number of benzene rings is 2. The lowest BCUT2D eigenvalue weighted by molar-refractivity contribution is -0.118. The topological polar surface area (TPSA) is 58.6 Å². The van der Waals surface area contributed by atoms with Crippen molar-refractivity contribution in [1.82, 2.24) is 0 Å². The second-order valence-electron chi connectivity index (χ2n) is 4.53. The molecule has 0 saturated heterocycles. The van der Waals surface area contributed by atoms with Gasteiger partial charge in [0.15, 0.2) is 6.61 Å². The van der Waals surface area contributed by atoms with E-state index in [1.165, 1.54) is 0 Å². The average molecular weight is 306 g/mol. The van der Waals surface area contributed by atoms with Gasteiger partial charge >= 0.3 is 0 Å². The number of anilines is 1. The Kier molecular flexibility index (Phi) is 5.20. The highest BCUT2D eigenvalue weighted by Gasteiger charge is 2.11. The van der Waals surface area contributed by atoms with Crippen LogP contribution in [0.1, 0.15) is 18.6 Å². The molecule has 0 aliphatic heterocycles. The molecule has 5 heteroatoms. The van der Waals surface area contributed by atoms with Crippen LogP contribution in [0.3, 0.4) is 0 Å². The zero-order valence-corrected chi connectivity index (χ0v) is 12.3. The van der Waals surface area contributed by atoms with E-state index in [4.69, 9.17) is 16.3 Å². The smallest absolute Gasteiger partial charge is 0.262 e. The summed E-state index contributed by atoms with van der Waals surface area (Å²) in [5, 5.41) is 12.8. The molecule has 2 aromatic carbocycles. The van der Waals surface area contributed by atoms with E-state index in [0.29, 0.717) is 22.0 Å². The number of carbonyl (C=O) groups excluding carboxylic acids is 1. The van der Waals surface area contributed by atoms with Gasteiger partial charge in [0.2, 0.25) is 0 Å². The Morgan fingerprint density at radius 3 is 2.62 bits per heavy atom. The molecular formula is C16H16ClNO3. The minimum absolute atomic E-state index is 0.158. The number of aliphatic hydroxyl groups is 1. The number of ether oxygens (including phenoxy) is 1. The lowest BCUT2D eigenvalue weighted by Gasteiger charge is -2.13. The monoisotopic (exact) mass is 305 g/mol. The Hall–Kier alpha value is -2.04. The van der Waals surface area contributed by atoms with E-state index in [0.717, 1.165) is 0 Å². The first-order valence-electron chi connectivity index (χ1n) is 6.52. The molecule has 4 nitrogen and oxygen atoms in total. The first-order chi connectivity index (χ1) is 10.1. The molecule has 0 aromatic heterocycles. The van der Waals surface area contributed by atoms with Crippen molar-refractivity contribution in [3.05, 3.63) is 59.1 Å². The molecule has 0 bridgehead atoms. The van der Waals surface area contributed by atoms with Crippen LogP contribution in [0.2, 0.25) is 5.02 Å². The number of aliphatic hydroxyl groups excluding tert-OH is 1. The Balaban J connectivity index is 1.97. The Labute approximate surface area is 128 Å². The third-order valence-electron chi connectivity index (χ3n) is 2.88. The van der Waals surface area contributed by atoms with Crippen LogP contribution in [-0.4, -0.2) is 17.6 Å². The average Bonchev–Trinajstić information content (AvgIpc) is 2.48. The van der Waals surface area contributed by atoms with Gasteiger partial charge in [0.1, 0.15) is 5.75 Å². The Bertz CT molecular complexity index is 628. The number of para-hydroxylation sites is 2. The molecule has 0 aliphatic rings. The summed E-state index contributed by atoms with van der Waals surface area (Å²) < 4.78 is 5.46. The summed E-state index contributed by atoms with van der Waals surface area (Å²) in [7, 11) is 0. The molecule has 0 aliphatic carbocycles. The molecule has 110 valence electrons. The van der Waals surface area contributed by atoms with Gasteiger partial charge in [-0.25, -0.2) is 0 Å². The Morgan fingerprint density at radius 2 is 1.90 bits per heavy atom. The van der Waals surface area contributed by atoms with E-state index in [-0.39, 0.29) is 12.5 Å². The number of rotatable bonds is 5. The van der Waals surface area contributed by atoms with Crippen LogP contribution in [-0.2, 0) is 4.79 Å². The van der Waals surface area contributed by atoms with Crippen LogP contribution in [0.5, 0.6) is 5.75 Å². The van der Waals surface area contributed by atoms with Crippen LogP contribution >= 0.6 is 11.6 Å². The number of hydrogen-bond acceptors (Lipinski definition) is 3. The maximum Gasteiger partial charge on any atom is 0.262 e. The standard InChI is InChI=1S/C16H16ClNO3/c1-11(19)12-6-2-5-9-15(12)21-10-16(20)18-14-8-4-3-7-13(14)17/h2-9,11,19H,10H2,1H3,(H,18,20)/t11-/m1/s1. The van der Waals surface area contributed by atoms with Gasteiger partial charge in [-0.05, 0) is 25.1 Å². The highest BCUT2D eigenvalue weighted by Crippen LogP contribution is 2.24. The van der Waals surface area contributed by atoms with Crippen LogP contribution < -0.4 is 10.1 Å². The van der Waals surface area contributed by atoms with Crippen LogP contribution in [0.15, 0.2) is 48.5 Å². The van der Waals surface area contributed by atoms with Gasteiger partial charge in [-0.15, -0.1) is 0 Å². The van der Waals surface area contributed by atoms with Crippen LogP contribution in [0.4, 0.5) is 5.69 Å². The summed E-state index contributed by atoms with van der Waals surface area (Å²) in [5.41, 5.74) is 1.18. The summed E-state index contributed by atoms with van der Waals surface area (Å²) in [6.07, 6.45) is -0.659. The lowest BCUT2D eigenvalue weighted by Crippen LogP contribution is -2.20. The predicted octanol–water partition coefficient (Wildman–Crippen LogP) is 3.41. The van der Waals surface area contributed by atoms with Crippen molar-refractivity contribution in [3.8, 4) is 5.75 Å². The van der Waals surface area contributed by atoms with E-state index < -0.39 is 6.10 Å². The number of amides is 1. The SMILES string of the molecule is C[C@@H](O)c1ccccc1OCC(=O)Nc1ccccc1Cl. The molecule has 0 fully saturated rings. The fraction of sp³-hybridized carbons (Fsp3) is 0.188.